The van der Waals surface area contributed by atoms with Crippen LogP contribution in [-0.4, -0.2) is 31.8 Å². The molecule has 0 aliphatic carbocycles. The van der Waals surface area contributed by atoms with Crippen molar-refractivity contribution < 1.29 is 9.47 Å². The van der Waals surface area contributed by atoms with E-state index in [0.717, 1.165) is 43.8 Å². The van der Waals surface area contributed by atoms with Crippen LogP contribution in [0.3, 0.4) is 0 Å². The number of hydrogen-bond acceptors (Lipinski definition) is 4. The average molecular weight is 297 g/mol. The molecule has 0 amide bonds. The van der Waals surface area contributed by atoms with E-state index in [1.54, 1.807) is 0 Å². The Balaban J connectivity index is 1.73. The standard InChI is InChI=1S/C15H21ClN2O2/c1-15(3-4-17-10-15)18-9-11-7-12(16)14-13(8-11)19-5-2-6-20-14/h7-8,17-18H,2-6,9-10H2,1H3. The van der Waals surface area contributed by atoms with E-state index in [9.17, 15) is 0 Å². The molecule has 4 nitrogen and oxygen atoms in total. The second kappa shape index (κ2) is 5.80. The van der Waals surface area contributed by atoms with Crippen molar-refractivity contribution in [2.24, 2.45) is 0 Å². The van der Waals surface area contributed by atoms with Gasteiger partial charge in [0.2, 0.25) is 0 Å². The van der Waals surface area contributed by atoms with Crippen molar-refractivity contribution in [2.45, 2.75) is 31.8 Å². The van der Waals surface area contributed by atoms with E-state index in [1.165, 1.54) is 0 Å². The lowest BCUT2D eigenvalue weighted by Gasteiger charge is -2.25. The molecule has 110 valence electrons. The van der Waals surface area contributed by atoms with Crippen molar-refractivity contribution in [3.8, 4) is 11.5 Å². The van der Waals surface area contributed by atoms with Gasteiger partial charge in [0.15, 0.2) is 11.5 Å². The summed E-state index contributed by atoms with van der Waals surface area (Å²) in [6.45, 7) is 6.46. The van der Waals surface area contributed by atoms with Gasteiger partial charge in [-0.15, -0.1) is 0 Å². The van der Waals surface area contributed by atoms with Crippen molar-refractivity contribution in [3.05, 3.63) is 22.7 Å². The van der Waals surface area contributed by atoms with Gasteiger partial charge in [-0.25, -0.2) is 0 Å². The molecule has 1 atom stereocenters. The molecular weight excluding hydrogens is 276 g/mol. The second-order valence-corrected chi connectivity index (χ2v) is 6.20. The highest BCUT2D eigenvalue weighted by Gasteiger charge is 2.27. The summed E-state index contributed by atoms with van der Waals surface area (Å²) in [4.78, 5) is 0. The van der Waals surface area contributed by atoms with E-state index in [2.05, 4.69) is 17.6 Å². The number of fused-ring (bicyclic) bond motifs is 1. The first-order valence-corrected chi connectivity index (χ1v) is 7.58. The molecule has 0 saturated carbocycles. The number of ether oxygens (including phenoxy) is 2. The van der Waals surface area contributed by atoms with Gasteiger partial charge in [0.1, 0.15) is 0 Å². The number of benzene rings is 1. The first kappa shape index (κ1) is 14.0. The van der Waals surface area contributed by atoms with Crippen molar-refractivity contribution in [2.75, 3.05) is 26.3 Å². The van der Waals surface area contributed by atoms with E-state index >= 15 is 0 Å². The van der Waals surface area contributed by atoms with Crippen LogP contribution in [0.2, 0.25) is 5.02 Å². The molecule has 2 aliphatic heterocycles. The molecule has 0 aromatic heterocycles. The predicted octanol–water partition coefficient (Wildman–Crippen LogP) is 2.34. The summed E-state index contributed by atoms with van der Waals surface area (Å²) in [5, 5.41) is 7.63. The predicted molar refractivity (Wildman–Crippen MR) is 79.8 cm³/mol. The Labute approximate surface area is 124 Å². The summed E-state index contributed by atoms with van der Waals surface area (Å²) in [5.74, 6) is 1.45. The minimum atomic E-state index is 0.163. The Bertz CT molecular complexity index is 487. The number of rotatable bonds is 3. The van der Waals surface area contributed by atoms with Crippen molar-refractivity contribution in [1.82, 2.24) is 10.6 Å². The summed E-state index contributed by atoms with van der Waals surface area (Å²) >= 11 is 6.30. The lowest BCUT2D eigenvalue weighted by Crippen LogP contribution is -2.43. The summed E-state index contributed by atoms with van der Waals surface area (Å²) in [5.41, 5.74) is 1.30. The van der Waals surface area contributed by atoms with Crippen LogP contribution in [0, 0.1) is 0 Å². The number of halogens is 1. The molecule has 1 saturated heterocycles. The molecule has 0 spiro atoms. The summed E-state index contributed by atoms with van der Waals surface area (Å²) in [6, 6.07) is 4.00. The fourth-order valence-electron chi connectivity index (χ4n) is 2.67. The third kappa shape index (κ3) is 3.03. The Morgan fingerprint density at radius 3 is 3.00 bits per heavy atom. The van der Waals surface area contributed by atoms with E-state index in [0.29, 0.717) is 24.0 Å². The van der Waals surface area contributed by atoms with Crippen molar-refractivity contribution in [1.29, 1.82) is 0 Å². The highest BCUT2D eigenvalue weighted by molar-refractivity contribution is 6.32. The molecule has 2 N–H and O–H groups in total. The van der Waals surface area contributed by atoms with Gasteiger partial charge in [-0.05, 0) is 37.6 Å². The van der Waals surface area contributed by atoms with Crippen molar-refractivity contribution >= 4 is 11.6 Å². The molecule has 1 aromatic carbocycles. The van der Waals surface area contributed by atoms with E-state index in [-0.39, 0.29) is 5.54 Å². The first-order valence-electron chi connectivity index (χ1n) is 7.20. The lowest BCUT2D eigenvalue weighted by molar-refractivity contribution is 0.297. The van der Waals surface area contributed by atoms with E-state index < -0.39 is 0 Å². The van der Waals surface area contributed by atoms with Gasteiger partial charge in [0, 0.05) is 25.0 Å². The van der Waals surface area contributed by atoms with E-state index in [1.807, 2.05) is 12.1 Å². The highest BCUT2D eigenvalue weighted by atomic mass is 35.5. The maximum atomic E-state index is 6.30. The SMILES string of the molecule is CC1(NCc2cc(Cl)c3c(c2)OCCCO3)CCNC1. The molecule has 5 heteroatoms. The van der Waals surface area contributed by atoms with Crippen LogP contribution >= 0.6 is 11.6 Å². The lowest BCUT2D eigenvalue weighted by atomic mass is 10.0. The maximum Gasteiger partial charge on any atom is 0.179 e. The van der Waals surface area contributed by atoms with E-state index in [4.69, 9.17) is 21.1 Å². The van der Waals surface area contributed by atoms with Crippen LogP contribution in [0.4, 0.5) is 0 Å². The minimum Gasteiger partial charge on any atom is -0.489 e. The summed E-state index contributed by atoms with van der Waals surface area (Å²) < 4.78 is 11.4. The van der Waals surface area contributed by atoms with Gasteiger partial charge in [-0.1, -0.05) is 11.6 Å². The van der Waals surface area contributed by atoms with Gasteiger partial charge in [-0.3, -0.25) is 0 Å². The molecule has 0 radical (unpaired) electrons. The molecule has 2 heterocycles. The number of nitrogens with one attached hydrogen (secondary N) is 2. The van der Waals surface area contributed by atoms with Gasteiger partial charge < -0.3 is 20.1 Å². The Morgan fingerprint density at radius 2 is 2.20 bits per heavy atom. The molecule has 2 aliphatic rings. The maximum absolute atomic E-state index is 6.30. The van der Waals surface area contributed by atoms with Crippen LogP contribution in [-0.2, 0) is 6.54 Å². The van der Waals surface area contributed by atoms with Gasteiger partial charge in [0.05, 0.1) is 18.2 Å². The molecule has 1 unspecified atom stereocenters. The molecular formula is C15H21ClN2O2. The monoisotopic (exact) mass is 296 g/mol. The topological polar surface area (TPSA) is 42.5 Å². The van der Waals surface area contributed by atoms with Gasteiger partial charge in [-0.2, -0.15) is 0 Å². The molecule has 20 heavy (non-hydrogen) atoms. The van der Waals surface area contributed by atoms with Crippen molar-refractivity contribution in [3.63, 3.8) is 0 Å². The largest absolute Gasteiger partial charge is 0.489 e. The Kier molecular flexibility index (Phi) is 4.06. The van der Waals surface area contributed by atoms with Crippen LogP contribution in [0.1, 0.15) is 25.3 Å². The van der Waals surface area contributed by atoms with Gasteiger partial charge in [0.25, 0.3) is 0 Å². The fraction of sp³-hybridized carbons (Fsp3) is 0.600. The fourth-order valence-corrected chi connectivity index (χ4v) is 2.96. The first-order chi connectivity index (χ1) is 9.66. The molecule has 3 rings (SSSR count). The summed E-state index contributed by atoms with van der Waals surface area (Å²) in [6.07, 6.45) is 2.04. The van der Waals surface area contributed by atoms with Gasteiger partial charge >= 0.3 is 0 Å². The van der Waals surface area contributed by atoms with Crippen LogP contribution in [0.15, 0.2) is 12.1 Å². The Morgan fingerprint density at radius 1 is 1.35 bits per heavy atom. The molecule has 1 fully saturated rings. The molecule has 1 aromatic rings. The van der Waals surface area contributed by atoms with Crippen LogP contribution < -0.4 is 20.1 Å². The zero-order valence-corrected chi connectivity index (χ0v) is 12.6. The third-order valence-corrected chi connectivity index (χ3v) is 4.23. The smallest absolute Gasteiger partial charge is 0.179 e. The number of hydrogen-bond donors (Lipinski definition) is 2. The Hall–Kier alpha value is -0.970. The van der Waals surface area contributed by atoms with Crippen LogP contribution in [0.5, 0.6) is 11.5 Å². The zero-order chi connectivity index (χ0) is 14.0. The highest BCUT2D eigenvalue weighted by Crippen LogP contribution is 2.38. The molecule has 0 bridgehead atoms. The quantitative estimate of drug-likeness (QED) is 0.898. The normalized spacial score (nSPS) is 25.5. The zero-order valence-electron chi connectivity index (χ0n) is 11.8. The third-order valence-electron chi connectivity index (χ3n) is 3.95. The van der Waals surface area contributed by atoms with Crippen LogP contribution in [0.25, 0.3) is 0 Å². The summed E-state index contributed by atoms with van der Waals surface area (Å²) in [7, 11) is 0. The second-order valence-electron chi connectivity index (χ2n) is 5.80. The minimum absolute atomic E-state index is 0.163. The average Bonchev–Trinajstić information content (AvgIpc) is 2.72.